The van der Waals surface area contributed by atoms with Crippen LogP contribution in [0.4, 0.5) is 9.93 Å². The van der Waals surface area contributed by atoms with Crippen LogP contribution in [0.15, 0.2) is 5.38 Å². The minimum absolute atomic E-state index is 0.104. The molecule has 2 amide bonds. The quantitative estimate of drug-likeness (QED) is 0.853. The fraction of sp³-hybridized carbons (Fsp3) is 0.667. The van der Waals surface area contributed by atoms with E-state index in [2.05, 4.69) is 25.9 Å². The predicted molar refractivity (Wildman–Crippen MR) is 74.3 cm³/mol. The summed E-state index contributed by atoms with van der Waals surface area (Å²) in [5, 5.41) is 8.73. The Labute approximate surface area is 112 Å². The highest BCUT2D eigenvalue weighted by atomic mass is 32.1. The summed E-state index contributed by atoms with van der Waals surface area (Å²) in [6.07, 6.45) is 3.34. The maximum atomic E-state index is 11.2. The van der Waals surface area contributed by atoms with E-state index in [4.69, 9.17) is 0 Å². The van der Waals surface area contributed by atoms with Crippen molar-refractivity contribution in [3.63, 3.8) is 0 Å². The van der Waals surface area contributed by atoms with Gasteiger partial charge in [-0.05, 0) is 19.8 Å². The standard InChI is InChI=1S/C12H20N4OS/c1-2-13-11(17)14-6-5-10-9-18-12(15-10)16-7-3-4-8-16/h9H,2-8H2,1H3,(H2,13,14,17). The molecule has 0 spiro atoms. The summed E-state index contributed by atoms with van der Waals surface area (Å²) in [4.78, 5) is 18.1. The van der Waals surface area contributed by atoms with E-state index in [1.54, 1.807) is 11.3 Å². The molecule has 0 unspecified atom stereocenters. The largest absolute Gasteiger partial charge is 0.348 e. The zero-order valence-corrected chi connectivity index (χ0v) is 11.6. The van der Waals surface area contributed by atoms with Gasteiger partial charge < -0.3 is 15.5 Å². The molecule has 0 bridgehead atoms. The fourth-order valence-electron chi connectivity index (χ4n) is 1.99. The number of aromatic nitrogens is 1. The number of hydrogen-bond acceptors (Lipinski definition) is 4. The average molecular weight is 268 g/mol. The van der Waals surface area contributed by atoms with Crippen molar-refractivity contribution in [1.29, 1.82) is 0 Å². The first-order valence-corrected chi connectivity index (χ1v) is 7.38. The van der Waals surface area contributed by atoms with E-state index in [1.807, 2.05) is 6.92 Å². The normalized spacial score (nSPS) is 14.8. The van der Waals surface area contributed by atoms with Crippen LogP contribution in [-0.2, 0) is 6.42 Å². The number of anilines is 1. The van der Waals surface area contributed by atoms with Crippen molar-refractivity contribution in [3.8, 4) is 0 Å². The van der Waals surface area contributed by atoms with Gasteiger partial charge >= 0.3 is 6.03 Å². The van der Waals surface area contributed by atoms with Gasteiger partial charge in [0.2, 0.25) is 0 Å². The molecule has 0 saturated carbocycles. The van der Waals surface area contributed by atoms with Gasteiger partial charge in [-0.3, -0.25) is 0 Å². The van der Waals surface area contributed by atoms with E-state index in [0.717, 1.165) is 30.3 Å². The molecule has 100 valence electrons. The molecule has 2 heterocycles. The summed E-state index contributed by atoms with van der Waals surface area (Å²) in [5.74, 6) is 0. The summed E-state index contributed by atoms with van der Waals surface area (Å²) >= 11 is 1.70. The number of rotatable bonds is 5. The van der Waals surface area contributed by atoms with Crippen molar-refractivity contribution in [2.24, 2.45) is 0 Å². The topological polar surface area (TPSA) is 57.3 Å². The van der Waals surface area contributed by atoms with Crippen LogP contribution in [0.1, 0.15) is 25.5 Å². The first kappa shape index (κ1) is 13.1. The van der Waals surface area contributed by atoms with Gasteiger partial charge in [0.25, 0.3) is 0 Å². The second kappa shape index (κ2) is 6.58. The van der Waals surface area contributed by atoms with Gasteiger partial charge in [0.15, 0.2) is 5.13 Å². The molecule has 1 aliphatic rings. The summed E-state index contributed by atoms with van der Waals surface area (Å²) in [6.45, 7) is 5.45. The molecule has 1 saturated heterocycles. The molecule has 0 radical (unpaired) electrons. The van der Waals surface area contributed by atoms with Crippen LogP contribution in [0.3, 0.4) is 0 Å². The molecule has 1 aromatic rings. The highest BCUT2D eigenvalue weighted by molar-refractivity contribution is 7.13. The number of thiazole rings is 1. The van der Waals surface area contributed by atoms with Gasteiger partial charge in [0.1, 0.15) is 0 Å². The smallest absolute Gasteiger partial charge is 0.314 e. The summed E-state index contributed by atoms with van der Waals surface area (Å²) in [6, 6.07) is -0.104. The summed E-state index contributed by atoms with van der Waals surface area (Å²) in [5.41, 5.74) is 1.07. The third-order valence-electron chi connectivity index (χ3n) is 2.92. The van der Waals surface area contributed by atoms with E-state index in [-0.39, 0.29) is 6.03 Å². The van der Waals surface area contributed by atoms with E-state index in [1.165, 1.54) is 12.8 Å². The summed E-state index contributed by atoms with van der Waals surface area (Å²) in [7, 11) is 0. The number of nitrogens with one attached hydrogen (secondary N) is 2. The maximum absolute atomic E-state index is 11.2. The lowest BCUT2D eigenvalue weighted by Gasteiger charge is -2.12. The van der Waals surface area contributed by atoms with E-state index in [0.29, 0.717) is 13.1 Å². The number of amides is 2. The van der Waals surface area contributed by atoms with Crippen LogP contribution in [0.25, 0.3) is 0 Å². The second-order valence-corrected chi connectivity index (χ2v) is 5.19. The molecule has 18 heavy (non-hydrogen) atoms. The average Bonchev–Trinajstić information content (AvgIpc) is 2.99. The zero-order valence-electron chi connectivity index (χ0n) is 10.7. The Morgan fingerprint density at radius 1 is 1.44 bits per heavy atom. The molecule has 2 N–H and O–H groups in total. The van der Waals surface area contributed by atoms with Crippen molar-refractivity contribution in [3.05, 3.63) is 11.1 Å². The van der Waals surface area contributed by atoms with Gasteiger partial charge in [0, 0.05) is 38.0 Å². The third-order valence-corrected chi connectivity index (χ3v) is 3.87. The predicted octanol–water partition coefficient (Wildman–Crippen LogP) is 1.60. The van der Waals surface area contributed by atoms with Gasteiger partial charge in [-0.25, -0.2) is 9.78 Å². The van der Waals surface area contributed by atoms with Crippen molar-refractivity contribution < 1.29 is 4.79 Å². The Bertz CT molecular complexity index is 387. The number of carbonyl (C=O) groups is 1. The second-order valence-electron chi connectivity index (χ2n) is 4.35. The Morgan fingerprint density at radius 2 is 2.22 bits per heavy atom. The Hall–Kier alpha value is -1.30. The summed E-state index contributed by atoms with van der Waals surface area (Å²) < 4.78 is 0. The van der Waals surface area contributed by atoms with Crippen LogP contribution in [0.2, 0.25) is 0 Å². The lowest BCUT2D eigenvalue weighted by molar-refractivity contribution is 0.241. The first-order chi connectivity index (χ1) is 8.79. The highest BCUT2D eigenvalue weighted by Crippen LogP contribution is 2.24. The van der Waals surface area contributed by atoms with Crippen molar-refractivity contribution in [1.82, 2.24) is 15.6 Å². The lowest BCUT2D eigenvalue weighted by Crippen LogP contribution is -2.36. The molecule has 0 aromatic carbocycles. The number of urea groups is 1. The first-order valence-electron chi connectivity index (χ1n) is 6.50. The molecule has 1 aromatic heterocycles. The monoisotopic (exact) mass is 268 g/mol. The lowest BCUT2D eigenvalue weighted by atomic mass is 10.3. The van der Waals surface area contributed by atoms with Crippen LogP contribution >= 0.6 is 11.3 Å². The van der Waals surface area contributed by atoms with Crippen molar-refractivity contribution in [2.45, 2.75) is 26.2 Å². The van der Waals surface area contributed by atoms with Crippen LogP contribution in [0, 0.1) is 0 Å². The minimum atomic E-state index is -0.104. The highest BCUT2D eigenvalue weighted by Gasteiger charge is 2.15. The molecule has 0 atom stereocenters. The molecule has 0 aliphatic carbocycles. The van der Waals surface area contributed by atoms with E-state index < -0.39 is 0 Å². The van der Waals surface area contributed by atoms with Gasteiger partial charge in [0.05, 0.1) is 5.69 Å². The van der Waals surface area contributed by atoms with Crippen molar-refractivity contribution in [2.75, 3.05) is 31.1 Å². The fourth-order valence-corrected chi connectivity index (χ4v) is 2.91. The molecule has 6 heteroatoms. The van der Waals surface area contributed by atoms with Gasteiger partial charge in [-0.1, -0.05) is 0 Å². The Kier molecular flexibility index (Phi) is 4.81. The third kappa shape index (κ3) is 3.60. The molecular weight excluding hydrogens is 248 g/mol. The van der Waals surface area contributed by atoms with Crippen LogP contribution in [-0.4, -0.2) is 37.2 Å². The SMILES string of the molecule is CCNC(=O)NCCc1csc(N2CCCC2)n1. The maximum Gasteiger partial charge on any atom is 0.314 e. The van der Waals surface area contributed by atoms with Gasteiger partial charge in [-0.15, -0.1) is 11.3 Å². The minimum Gasteiger partial charge on any atom is -0.348 e. The van der Waals surface area contributed by atoms with Gasteiger partial charge in [-0.2, -0.15) is 0 Å². The van der Waals surface area contributed by atoms with E-state index in [9.17, 15) is 4.79 Å². The van der Waals surface area contributed by atoms with Crippen molar-refractivity contribution >= 4 is 22.5 Å². The van der Waals surface area contributed by atoms with E-state index >= 15 is 0 Å². The number of hydrogen-bond donors (Lipinski definition) is 2. The zero-order chi connectivity index (χ0) is 12.8. The Morgan fingerprint density at radius 3 is 2.94 bits per heavy atom. The van der Waals surface area contributed by atoms with Crippen LogP contribution in [0.5, 0.6) is 0 Å². The molecule has 5 nitrogen and oxygen atoms in total. The number of nitrogens with zero attached hydrogens (tertiary/aromatic N) is 2. The molecular formula is C12H20N4OS. The Balaban J connectivity index is 1.74. The molecule has 1 aliphatic heterocycles. The molecule has 2 rings (SSSR count). The molecule has 1 fully saturated rings. The van der Waals surface area contributed by atoms with Crippen LogP contribution < -0.4 is 15.5 Å². The number of carbonyl (C=O) groups excluding carboxylic acids is 1.